The van der Waals surface area contributed by atoms with Crippen LogP contribution in [0.2, 0.25) is 0 Å². The van der Waals surface area contributed by atoms with Crippen molar-refractivity contribution in [1.29, 1.82) is 0 Å². The highest BCUT2D eigenvalue weighted by atomic mass is 16.5. The minimum atomic E-state index is -0.00508. The summed E-state index contributed by atoms with van der Waals surface area (Å²) < 4.78 is 11.4. The molecular weight excluding hydrogens is 266 g/mol. The highest BCUT2D eigenvalue weighted by Crippen LogP contribution is 2.36. The Balaban J connectivity index is 2.04. The van der Waals surface area contributed by atoms with E-state index in [1.54, 1.807) is 0 Å². The molecule has 1 aromatic heterocycles. The largest absolute Gasteiger partial charge is 0.370 e. The van der Waals surface area contributed by atoms with Crippen LogP contribution in [0.3, 0.4) is 0 Å². The zero-order valence-electron chi connectivity index (χ0n) is 13.4. The first-order chi connectivity index (χ1) is 10.3. The Bertz CT molecular complexity index is 402. The maximum Gasteiger partial charge on any atom is 0.229 e. The van der Waals surface area contributed by atoms with Gasteiger partial charge in [-0.25, -0.2) is 0 Å². The lowest BCUT2D eigenvalue weighted by Crippen LogP contribution is -2.20. The molecule has 5 nitrogen and oxygen atoms in total. The van der Waals surface area contributed by atoms with Gasteiger partial charge < -0.3 is 15.0 Å². The number of nitrogens with two attached hydrogens (primary N) is 1. The summed E-state index contributed by atoms with van der Waals surface area (Å²) in [6.45, 7) is 5.53. The van der Waals surface area contributed by atoms with Crippen LogP contribution in [0.1, 0.15) is 82.5 Å². The molecular formula is C16H29N3O2. The van der Waals surface area contributed by atoms with E-state index in [4.69, 9.17) is 15.0 Å². The first-order valence-corrected chi connectivity index (χ1v) is 8.41. The fraction of sp³-hybridized carbons (Fsp3) is 0.875. The monoisotopic (exact) mass is 295 g/mol. The summed E-state index contributed by atoms with van der Waals surface area (Å²) in [5.74, 6) is 2.25. The van der Waals surface area contributed by atoms with Crippen LogP contribution >= 0.6 is 0 Å². The van der Waals surface area contributed by atoms with Gasteiger partial charge in [0, 0.05) is 12.5 Å². The lowest BCUT2D eigenvalue weighted by atomic mass is 9.85. The molecule has 1 saturated carbocycles. The quantitative estimate of drug-likeness (QED) is 0.793. The summed E-state index contributed by atoms with van der Waals surface area (Å²) in [5, 5.41) is 4.20. The molecule has 1 aliphatic carbocycles. The fourth-order valence-electron chi connectivity index (χ4n) is 3.15. The molecule has 21 heavy (non-hydrogen) atoms. The van der Waals surface area contributed by atoms with Gasteiger partial charge in [-0.05, 0) is 45.1 Å². The SMILES string of the molecule is CCOC(c1noc(C(C)CCCN)n1)C1CCCCC1. The van der Waals surface area contributed by atoms with Crippen molar-refractivity contribution in [3.8, 4) is 0 Å². The summed E-state index contributed by atoms with van der Waals surface area (Å²) in [6, 6.07) is 0. The van der Waals surface area contributed by atoms with E-state index >= 15 is 0 Å². The van der Waals surface area contributed by atoms with Crippen LogP contribution in [0, 0.1) is 5.92 Å². The third-order valence-corrected chi connectivity index (χ3v) is 4.40. The molecule has 2 atom stereocenters. The van der Waals surface area contributed by atoms with Gasteiger partial charge in [0.25, 0.3) is 0 Å². The number of hydrogen-bond acceptors (Lipinski definition) is 5. The second-order valence-corrected chi connectivity index (χ2v) is 6.10. The highest BCUT2D eigenvalue weighted by Gasteiger charge is 2.30. The zero-order valence-corrected chi connectivity index (χ0v) is 13.4. The van der Waals surface area contributed by atoms with E-state index in [9.17, 15) is 0 Å². The summed E-state index contributed by atoms with van der Waals surface area (Å²) in [7, 11) is 0. The van der Waals surface area contributed by atoms with Gasteiger partial charge in [-0.15, -0.1) is 0 Å². The van der Waals surface area contributed by atoms with E-state index in [0.29, 0.717) is 19.1 Å². The van der Waals surface area contributed by atoms with Crippen LogP contribution in [-0.2, 0) is 4.74 Å². The Hall–Kier alpha value is -0.940. The lowest BCUT2D eigenvalue weighted by molar-refractivity contribution is -0.00145. The highest BCUT2D eigenvalue weighted by molar-refractivity contribution is 4.98. The van der Waals surface area contributed by atoms with Crippen molar-refractivity contribution in [1.82, 2.24) is 10.1 Å². The first kappa shape index (κ1) is 16.4. The fourth-order valence-corrected chi connectivity index (χ4v) is 3.15. The predicted octanol–water partition coefficient (Wildman–Crippen LogP) is 3.57. The van der Waals surface area contributed by atoms with Crippen LogP contribution in [0.4, 0.5) is 0 Å². The van der Waals surface area contributed by atoms with E-state index in [-0.39, 0.29) is 12.0 Å². The number of hydrogen-bond donors (Lipinski definition) is 1. The zero-order chi connectivity index (χ0) is 15.1. The number of ether oxygens (including phenoxy) is 1. The van der Waals surface area contributed by atoms with E-state index in [2.05, 4.69) is 17.1 Å². The van der Waals surface area contributed by atoms with Gasteiger partial charge in [-0.3, -0.25) is 0 Å². The van der Waals surface area contributed by atoms with Crippen molar-refractivity contribution in [2.75, 3.05) is 13.2 Å². The van der Waals surface area contributed by atoms with Crippen molar-refractivity contribution in [3.05, 3.63) is 11.7 Å². The molecule has 2 N–H and O–H groups in total. The van der Waals surface area contributed by atoms with Gasteiger partial charge in [-0.2, -0.15) is 4.98 Å². The molecule has 1 fully saturated rings. The van der Waals surface area contributed by atoms with Gasteiger partial charge in [0.2, 0.25) is 11.7 Å². The minimum absolute atomic E-state index is 0.00508. The normalized spacial score (nSPS) is 19.6. The van der Waals surface area contributed by atoms with Crippen molar-refractivity contribution in [2.45, 2.75) is 70.8 Å². The number of nitrogens with zero attached hydrogens (tertiary/aromatic N) is 2. The van der Waals surface area contributed by atoms with E-state index in [1.807, 2.05) is 6.92 Å². The molecule has 120 valence electrons. The summed E-state index contributed by atoms with van der Waals surface area (Å²) in [5.41, 5.74) is 5.56. The van der Waals surface area contributed by atoms with Crippen molar-refractivity contribution in [3.63, 3.8) is 0 Å². The predicted molar refractivity (Wildman–Crippen MR) is 81.9 cm³/mol. The molecule has 0 saturated heterocycles. The van der Waals surface area contributed by atoms with Crippen molar-refractivity contribution >= 4 is 0 Å². The molecule has 0 aliphatic heterocycles. The molecule has 0 aromatic carbocycles. The Morgan fingerprint density at radius 3 is 2.76 bits per heavy atom. The first-order valence-electron chi connectivity index (χ1n) is 8.41. The van der Waals surface area contributed by atoms with Crippen molar-refractivity contribution in [2.24, 2.45) is 11.7 Å². The Kier molecular flexibility index (Phi) is 6.64. The molecule has 1 heterocycles. The van der Waals surface area contributed by atoms with Crippen LogP contribution in [0.15, 0.2) is 4.52 Å². The molecule has 2 unspecified atom stereocenters. The Labute approximate surface area is 127 Å². The van der Waals surface area contributed by atoms with E-state index < -0.39 is 0 Å². The third kappa shape index (κ3) is 4.51. The van der Waals surface area contributed by atoms with Gasteiger partial charge in [0.15, 0.2) is 0 Å². The molecule has 5 heteroatoms. The Morgan fingerprint density at radius 1 is 1.33 bits per heavy atom. The molecule has 0 spiro atoms. The average molecular weight is 295 g/mol. The molecule has 1 aliphatic rings. The van der Waals surface area contributed by atoms with Gasteiger partial charge in [-0.1, -0.05) is 31.3 Å². The lowest BCUT2D eigenvalue weighted by Gasteiger charge is -2.27. The van der Waals surface area contributed by atoms with Gasteiger partial charge in [0.1, 0.15) is 6.10 Å². The maximum atomic E-state index is 5.94. The molecule has 0 amide bonds. The molecule has 1 aromatic rings. The van der Waals surface area contributed by atoms with E-state index in [1.165, 1.54) is 32.1 Å². The van der Waals surface area contributed by atoms with Crippen LogP contribution in [-0.4, -0.2) is 23.3 Å². The molecule has 2 rings (SSSR count). The smallest absolute Gasteiger partial charge is 0.229 e. The minimum Gasteiger partial charge on any atom is -0.370 e. The third-order valence-electron chi connectivity index (χ3n) is 4.40. The summed E-state index contributed by atoms with van der Waals surface area (Å²) in [4.78, 5) is 4.61. The standard InChI is InChI=1S/C16H29N3O2/c1-3-20-14(13-9-5-4-6-10-13)15-18-16(21-19-15)12(2)8-7-11-17/h12-14H,3-11,17H2,1-2H3. The van der Waals surface area contributed by atoms with Crippen LogP contribution < -0.4 is 5.73 Å². The van der Waals surface area contributed by atoms with Crippen LogP contribution in [0.25, 0.3) is 0 Å². The van der Waals surface area contributed by atoms with E-state index in [0.717, 1.165) is 24.6 Å². The van der Waals surface area contributed by atoms with Crippen molar-refractivity contribution < 1.29 is 9.26 Å². The topological polar surface area (TPSA) is 74.2 Å². The second kappa shape index (κ2) is 8.49. The van der Waals surface area contributed by atoms with Crippen LogP contribution in [0.5, 0.6) is 0 Å². The molecule has 0 radical (unpaired) electrons. The summed E-state index contributed by atoms with van der Waals surface area (Å²) in [6.07, 6.45) is 8.28. The second-order valence-electron chi connectivity index (χ2n) is 6.10. The Morgan fingerprint density at radius 2 is 2.10 bits per heavy atom. The number of rotatable bonds is 8. The maximum absolute atomic E-state index is 5.94. The van der Waals surface area contributed by atoms with Gasteiger partial charge in [0.05, 0.1) is 0 Å². The number of aromatic nitrogens is 2. The average Bonchev–Trinajstić information content (AvgIpc) is 3.00. The molecule has 0 bridgehead atoms. The van der Waals surface area contributed by atoms with Gasteiger partial charge >= 0.3 is 0 Å². The summed E-state index contributed by atoms with van der Waals surface area (Å²) >= 11 is 0.